The molecule has 2 fully saturated rings. The number of aliphatic imine (C=N–C) groups is 1. The van der Waals surface area contributed by atoms with Crippen LogP contribution in [0.1, 0.15) is 72.6 Å². The summed E-state index contributed by atoms with van der Waals surface area (Å²) in [6.07, 6.45) is 3.13. The second-order valence-electron chi connectivity index (χ2n) is 13.8. The van der Waals surface area contributed by atoms with Gasteiger partial charge in [0.15, 0.2) is 0 Å². The van der Waals surface area contributed by atoms with Crippen molar-refractivity contribution in [2.45, 2.75) is 76.8 Å². The lowest BCUT2D eigenvalue weighted by Gasteiger charge is -2.32. The van der Waals surface area contributed by atoms with E-state index in [9.17, 15) is 9.59 Å². The number of halogens is 1. The van der Waals surface area contributed by atoms with Crippen molar-refractivity contribution < 1.29 is 19.1 Å². The van der Waals surface area contributed by atoms with Crippen molar-refractivity contribution >= 4 is 51.6 Å². The Hall–Kier alpha value is -3.86. The largest absolute Gasteiger partial charge is 0.464 e. The molecule has 250 valence electrons. The fourth-order valence-electron chi connectivity index (χ4n) is 7.57. The van der Waals surface area contributed by atoms with Crippen LogP contribution in [-0.2, 0) is 9.53 Å². The number of aromatic nitrogens is 1. The van der Waals surface area contributed by atoms with Gasteiger partial charge in [-0.15, -0.1) is 11.3 Å². The van der Waals surface area contributed by atoms with Crippen LogP contribution in [0.15, 0.2) is 53.5 Å². The molecule has 2 aromatic heterocycles. The topological polar surface area (TPSA) is 97.2 Å². The summed E-state index contributed by atoms with van der Waals surface area (Å²) in [4.78, 5) is 35.4. The van der Waals surface area contributed by atoms with E-state index in [2.05, 4.69) is 58.5 Å². The summed E-state index contributed by atoms with van der Waals surface area (Å²) < 4.78 is 14.1. The van der Waals surface area contributed by atoms with E-state index >= 15 is 0 Å². The van der Waals surface area contributed by atoms with Crippen LogP contribution >= 0.6 is 22.9 Å². The van der Waals surface area contributed by atoms with E-state index in [0.717, 1.165) is 57.6 Å². The quantitative estimate of drug-likeness (QED) is 0.214. The van der Waals surface area contributed by atoms with E-state index in [4.69, 9.17) is 26.1 Å². The number of nitrogens with zero attached hydrogens (tertiary/aromatic N) is 3. The van der Waals surface area contributed by atoms with E-state index in [0.29, 0.717) is 24.0 Å². The van der Waals surface area contributed by atoms with Crippen molar-refractivity contribution in [2.24, 2.45) is 10.9 Å². The van der Waals surface area contributed by atoms with Gasteiger partial charge in [0, 0.05) is 39.5 Å². The normalized spacial score (nSPS) is 22.3. The Morgan fingerprint density at radius 2 is 1.92 bits per heavy atom. The molecule has 9 nitrogen and oxygen atoms in total. The number of benzene rings is 2. The Kier molecular flexibility index (Phi) is 8.00. The summed E-state index contributed by atoms with van der Waals surface area (Å²) in [5.41, 5.74) is 6.37. The molecule has 2 N–H and O–H groups in total. The third kappa shape index (κ3) is 5.47. The average Bonchev–Trinajstić information content (AvgIpc) is 3.47. The Labute approximate surface area is 289 Å². The fourth-order valence-corrected chi connectivity index (χ4v) is 8.95. The first-order valence-electron chi connectivity index (χ1n) is 16.9. The Morgan fingerprint density at radius 3 is 2.69 bits per heavy atom. The molecule has 0 spiro atoms. The van der Waals surface area contributed by atoms with E-state index in [-0.39, 0.29) is 30.3 Å². The van der Waals surface area contributed by atoms with Gasteiger partial charge in [0.1, 0.15) is 18.0 Å². The maximum atomic E-state index is 13.7. The molecule has 3 aliphatic heterocycles. The number of hydrogen-bond acceptors (Lipinski definition) is 7. The molecule has 5 heterocycles. The highest BCUT2D eigenvalue weighted by atomic mass is 35.5. The number of nitrogens with one attached hydrogen (secondary N) is 2. The molecule has 1 aliphatic carbocycles. The minimum Gasteiger partial charge on any atom is -0.464 e. The lowest BCUT2D eigenvalue weighted by molar-refractivity contribution is -0.135. The Balaban J connectivity index is 1.12. The van der Waals surface area contributed by atoms with Gasteiger partial charge in [-0.1, -0.05) is 25.4 Å². The summed E-state index contributed by atoms with van der Waals surface area (Å²) in [5, 5.41) is 8.12. The van der Waals surface area contributed by atoms with Gasteiger partial charge in [-0.05, 0) is 98.5 Å². The Morgan fingerprint density at radius 1 is 1.10 bits per heavy atom. The number of thiophene rings is 1. The minimum atomic E-state index is -0.661. The van der Waals surface area contributed by atoms with Crippen molar-refractivity contribution in [3.8, 4) is 17.0 Å². The van der Waals surface area contributed by atoms with Crippen LogP contribution in [0.2, 0.25) is 5.02 Å². The smallest absolute Gasteiger partial charge is 0.407 e. The highest BCUT2D eigenvalue weighted by Crippen LogP contribution is 2.49. The summed E-state index contributed by atoms with van der Waals surface area (Å²) >= 11 is 8.30. The number of alkyl carbamates (subject to hydrolysis) is 1. The molecule has 2 amide bonds. The lowest BCUT2D eigenvalue weighted by atomic mass is 9.97. The predicted molar refractivity (Wildman–Crippen MR) is 189 cm³/mol. The molecular weight excluding hydrogens is 646 g/mol. The third-order valence-electron chi connectivity index (χ3n) is 10.1. The predicted octanol–water partition coefficient (Wildman–Crippen LogP) is 7.24. The second-order valence-corrected chi connectivity index (χ2v) is 15.3. The van der Waals surface area contributed by atoms with Crippen molar-refractivity contribution in [1.29, 1.82) is 0 Å². The molecular formula is C37H40ClN5O4S. The van der Waals surface area contributed by atoms with Crippen LogP contribution in [0.25, 0.3) is 22.2 Å². The first-order chi connectivity index (χ1) is 23.2. The van der Waals surface area contributed by atoms with Crippen molar-refractivity contribution in [3.63, 3.8) is 0 Å². The van der Waals surface area contributed by atoms with Gasteiger partial charge < -0.3 is 19.7 Å². The first-order valence-corrected chi connectivity index (χ1v) is 18.1. The molecule has 0 radical (unpaired) electrons. The molecule has 4 unspecified atom stereocenters. The maximum absolute atomic E-state index is 13.7. The molecule has 4 atom stereocenters. The highest BCUT2D eigenvalue weighted by Gasteiger charge is 2.41. The fraction of sp³-hybridized carbons (Fsp3) is 0.432. The summed E-state index contributed by atoms with van der Waals surface area (Å²) in [7, 11) is 1.31. The number of likely N-dealkylation sites (tertiary alicyclic amines) is 1. The van der Waals surface area contributed by atoms with Crippen molar-refractivity contribution in [3.05, 3.63) is 74.4 Å². The zero-order valence-electron chi connectivity index (χ0n) is 27.6. The molecule has 1 saturated carbocycles. The van der Waals surface area contributed by atoms with E-state index in [1.165, 1.54) is 29.7 Å². The summed E-state index contributed by atoms with van der Waals surface area (Å²) in [6, 6.07) is 16.4. The van der Waals surface area contributed by atoms with Gasteiger partial charge >= 0.3 is 6.09 Å². The van der Waals surface area contributed by atoms with Crippen molar-refractivity contribution in [2.75, 3.05) is 20.2 Å². The SMILES string of the molecule is COC(=O)NC(C(=O)N1CCCC1C1N=C(c2cc(C)c3c(c2)OC(c2ccc(C4CC4)s2)n2c-3cc3cc(Cl)ccc32)CN1)C(C)C. The lowest BCUT2D eigenvalue weighted by Crippen LogP contribution is -2.55. The summed E-state index contributed by atoms with van der Waals surface area (Å²) in [5.74, 6) is 1.35. The van der Waals surface area contributed by atoms with Gasteiger partial charge in [0.05, 0.1) is 35.0 Å². The molecule has 1 saturated heterocycles. The molecule has 8 rings (SSSR count). The van der Waals surface area contributed by atoms with Crippen molar-refractivity contribution in [1.82, 2.24) is 20.1 Å². The van der Waals surface area contributed by atoms with E-state index < -0.39 is 12.1 Å². The van der Waals surface area contributed by atoms with Crippen LogP contribution in [0.4, 0.5) is 4.79 Å². The van der Waals surface area contributed by atoms with E-state index in [1.807, 2.05) is 42.2 Å². The number of carbonyl (C=O) groups excluding carboxylic acids is 2. The highest BCUT2D eigenvalue weighted by molar-refractivity contribution is 7.12. The number of ether oxygens (including phenoxy) is 2. The summed E-state index contributed by atoms with van der Waals surface area (Å²) in [6.45, 7) is 7.22. The molecule has 11 heteroatoms. The van der Waals surface area contributed by atoms with Crippen LogP contribution in [0, 0.1) is 12.8 Å². The van der Waals surface area contributed by atoms with Crippen LogP contribution in [0.5, 0.6) is 5.75 Å². The Bertz CT molecular complexity index is 1960. The second kappa shape index (κ2) is 12.2. The van der Waals surface area contributed by atoms with Gasteiger partial charge in [-0.3, -0.25) is 19.7 Å². The zero-order valence-corrected chi connectivity index (χ0v) is 29.2. The number of methoxy groups -OCH3 is 1. The number of fused-ring (bicyclic) bond motifs is 5. The molecule has 2 aromatic carbocycles. The molecule has 4 aromatic rings. The third-order valence-corrected chi connectivity index (χ3v) is 11.7. The number of aryl methyl sites for hydroxylation is 1. The minimum absolute atomic E-state index is 0.0825. The van der Waals surface area contributed by atoms with Gasteiger partial charge in [0.2, 0.25) is 12.1 Å². The number of hydrogen-bond donors (Lipinski definition) is 2. The van der Waals surface area contributed by atoms with Crippen LogP contribution in [0.3, 0.4) is 0 Å². The number of rotatable bonds is 7. The van der Waals surface area contributed by atoms with E-state index in [1.54, 1.807) is 0 Å². The van der Waals surface area contributed by atoms with Crippen LogP contribution in [-0.4, -0.2) is 65.6 Å². The number of carbonyl (C=O) groups is 2. The van der Waals surface area contributed by atoms with Crippen LogP contribution < -0.4 is 15.4 Å². The average molecular weight is 686 g/mol. The van der Waals surface area contributed by atoms with Gasteiger partial charge in [-0.25, -0.2) is 4.79 Å². The molecule has 4 aliphatic rings. The maximum Gasteiger partial charge on any atom is 0.407 e. The monoisotopic (exact) mass is 685 g/mol. The zero-order chi connectivity index (χ0) is 33.3. The van der Waals surface area contributed by atoms with Gasteiger partial charge in [-0.2, -0.15) is 0 Å². The van der Waals surface area contributed by atoms with Gasteiger partial charge in [0.25, 0.3) is 0 Å². The standard InChI is InChI=1S/C37H40ClN5O4S/c1-19(2)33(41-37(45)46-4)35(44)42-13-5-6-27(42)34-39-18-25(40-34)22-14-20(3)32-28-16-23-15-24(38)9-10-26(23)43(28)36(47-29(32)17-22)31-12-11-30(48-31)21-7-8-21/h9-12,14-17,19,21,27,33-34,36,39H,5-8,13,18H2,1-4H3,(H,41,45). The first kappa shape index (κ1) is 31.4. The number of amides is 2. The molecule has 0 bridgehead atoms. The molecule has 48 heavy (non-hydrogen) atoms.